The number of amides is 2. The minimum atomic E-state index is -4.99. The summed E-state index contributed by atoms with van der Waals surface area (Å²) in [5, 5.41) is 13.1. The van der Waals surface area contributed by atoms with Gasteiger partial charge in [-0.05, 0) is 61.0 Å². The van der Waals surface area contributed by atoms with E-state index in [-0.39, 0.29) is 37.7 Å². The van der Waals surface area contributed by atoms with E-state index in [1.165, 1.54) is 24.3 Å². The predicted octanol–water partition coefficient (Wildman–Crippen LogP) is 3.22. The number of hydrogen-bond acceptors (Lipinski definition) is 9. The molecule has 0 spiro atoms. The quantitative estimate of drug-likeness (QED) is 0.310. The lowest BCUT2D eigenvalue weighted by Crippen LogP contribution is -2.60. The number of aromatic nitrogens is 2. The number of nitrogens with one attached hydrogen (secondary N) is 2. The Kier molecular flexibility index (Phi) is 10.2. The maximum Gasteiger partial charge on any atom is 0.573 e. The van der Waals surface area contributed by atoms with Gasteiger partial charge in [-0.3, -0.25) is 9.59 Å². The first-order valence-corrected chi connectivity index (χ1v) is 14.9. The molecule has 1 aliphatic rings. The van der Waals surface area contributed by atoms with Gasteiger partial charge in [0.05, 0.1) is 4.90 Å². The van der Waals surface area contributed by atoms with Gasteiger partial charge < -0.3 is 25.0 Å². The van der Waals surface area contributed by atoms with Crippen molar-refractivity contribution in [3.05, 3.63) is 71.9 Å². The van der Waals surface area contributed by atoms with Crippen LogP contribution in [0.15, 0.2) is 65.6 Å². The third kappa shape index (κ3) is 8.96. The van der Waals surface area contributed by atoms with Gasteiger partial charge in [-0.25, -0.2) is 8.42 Å². The van der Waals surface area contributed by atoms with Gasteiger partial charge in [0.15, 0.2) is 11.5 Å². The van der Waals surface area contributed by atoms with Crippen molar-refractivity contribution in [3.8, 4) is 11.5 Å². The van der Waals surface area contributed by atoms with Crippen molar-refractivity contribution in [1.82, 2.24) is 25.1 Å². The van der Waals surface area contributed by atoms with Crippen LogP contribution in [-0.4, -0.2) is 79.7 Å². The summed E-state index contributed by atoms with van der Waals surface area (Å²) in [6, 6.07) is 9.59. The van der Waals surface area contributed by atoms with Crippen LogP contribution in [-0.2, 0) is 21.4 Å². The molecule has 2 heterocycles. The highest BCUT2D eigenvalue weighted by Gasteiger charge is 2.41. The first kappa shape index (κ1) is 34.2. The Morgan fingerprint density at radius 2 is 1.43 bits per heavy atom. The van der Waals surface area contributed by atoms with E-state index in [0.29, 0.717) is 12.1 Å². The number of benzene rings is 2. The zero-order chi connectivity index (χ0) is 33.7. The van der Waals surface area contributed by atoms with Gasteiger partial charge in [0, 0.05) is 32.7 Å². The van der Waals surface area contributed by atoms with Gasteiger partial charge >= 0.3 is 12.7 Å². The van der Waals surface area contributed by atoms with Gasteiger partial charge in [-0.1, -0.05) is 12.1 Å². The molecule has 248 valence electrons. The molecule has 0 saturated carbocycles. The first-order chi connectivity index (χ1) is 21.6. The van der Waals surface area contributed by atoms with Crippen LogP contribution in [0.3, 0.4) is 0 Å². The van der Waals surface area contributed by atoms with Crippen LogP contribution in [0, 0.1) is 0 Å². The number of alkyl halides is 6. The Hall–Kier alpha value is -4.65. The predicted molar refractivity (Wildman–Crippen MR) is 148 cm³/mol. The van der Waals surface area contributed by atoms with Crippen LogP contribution in [0.4, 0.5) is 32.2 Å². The van der Waals surface area contributed by atoms with Crippen LogP contribution in [0.5, 0.6) is 11.5 Å². The molecule has 2 amide bonds. The average Bonchev–Trinajstić information content (AvgIpc) is 2.99. The number of sulfonamides is 1. The summed E-state index contributed by atoms with van der Waals surface area (Å²) in [4.78, 5) is 26.7. The highest BCUT2D eigenvalue weighted by Crippen LogP contribution is 2.28. The number of halogens is 6. The fraction of sp³-hybridized carbons (Fsp3) is 0.333. The number of anilines is 1. The summed E-state index contributed by atoms with van der Waals surface area (Å²) in [7, 11) is -4.46. The lowest BCUT2D eigenvalue weighted by molar-refractivity contribution is -0.275. The molecule has 19 heteroatoms. The number of carbonyl (C=O) groups is 2. The lowest BCUT2D eigenvalue weighted by atomic mass is 10.1. The number of ether oxygens (including phenoxy) is 2. The molecule has 1 unspecified atom stereocenters. The molecule has 0 bridgehead atoms. The fourth-order valence-corrected chi connectivity index (χ4v) is 5.98. The van der Waals surface area contributed by atoms with E-state index in [4.69, 9.17) is 0 Å². The van der Waals surface area contributed by atoms with Gasteiger partial charge in [0.25, 0.3) is 5.91 Å². The van der Waals surface area contributed by atoms with Crippen molar-refractivity contribution >= 4 is 27.7 Å². The summed E-state index contributed by atoms with van der Waals surface area (Å²) in [6.07, 6.45) is -9.89. The summed E-state index contributed by atoms with van der Waals surface area (Å²) < 4.78 is 111. The Balaban J connectivity index is 1.56. The highest BCUT2D eigenvalue weighted by molar-refractivity contribution is 7.89. The van der Waals surface area contributed by atoms with Crippen molar-refractivity contribution < 1.29 is 53.8 Å². The molecule has 0 aliphatic carbocycles. The summed E-state index contributed by atoms with van der Waals surface area (Å²) in [5.74, 6) is -2.13. The maximum atomic E-state index is 13.6. The minimum absolute atomic E-state index is 0.0220. The molecule has 4 rings (SSSR count). The molecule has 1 aromatic heterocycles. The van der Waals surface area contributed by atoms with Crippen LogP contribution in [0.25, 0.3) is 0 Å². The van der Waals surface area contributed by atoms with E-state index in [2.05, 4.69) is 30.3 Å². The molecule has 2 aromatic carbocycles. The van der Waals surface area contributed by atoms with Gasteiger partial charge in [-0.2, -0.15) is 4.31 Å². The second kappa shape index (κ2) is 13.8. The maximum absolute atomic E-state index is 13.6. The molecule has 1 aliphatic heterocycles. The zero-order valence-electron chi connectivity index (χ0n) is 23.8. The third-order valence-electron chi connectivity index (χ3n) is 6.47. The average molecular weight is 677 g/mol. The lowest BCUT2D eigenvalue weighted by Gasteiger charge is -2.40. The molecule has 1 saturated heterocycles. The second-order valence-corrected chi connectivity index (χ2v) is 11.5. The molecule has 1 fully saturated rings. The third-order valence-corrected chi connectivity index (χ3v) is 8.39. The standard InChI is InChI=1S/C27H26F6N6O6S/c1-2-34-24(40)21-11-12-23(37-36-21)38-13-14-39(46(42,43)20-9-7-19(8-10-20)45-27(31,32)33)22(16-38)25(41)35-15-17-3-5-18(6-4-17)44-26(28,29)30/h3-12,22H,2,13-16H2,1H3,(H,34,40)(H,35,41). The molecule has 46 heavy (non-hydrogen) atoms. The van der Waals surface area contributed by atoms with Crippen LogP contribution >= 0.6 is 0 Å². The molecule has 3 aromatic rings. The Morgan fingerprint density at radius 3 is 1.96 bits per heavy atom. The molecule has 0 radical (unpaired) electrons. The van der Waals surface area contributed by atoms with Crippen LogP contribution in [0.2, 0.25) is 0 Å². The molecule has 1 atom stereocenters. The minimum Gasteiger partial charge on any atom is -0.406 e. The molecule has 12 nitrogen and oxygen atoms in total. The van der Waals surface area contributed by atoms with Crippen LogP contribution in [0.1, 0.15) is 23.0 Å². The second-order valence-electron chi connectivity index (χ2n) is 9.64. The topological polar surface area (TPSA) is 143 Å². The van der Waals surface area contributed by atoms with Crippen molar-refractivity contribution in [2.75, 3.05) is 31.1 Å². The van der Waals surface area contributed by atoms with Crippen molar-refractivity contribution in [3.63, 3.8) is 0 Å². The van der Waals surface area contributed by atoms with Crippen molar-refractivity contribution in [2.24, 2.45) is 0 Å². The zero-order valence-corrected chi connectivity index (χ0v) is 24.6. The Labute approximate surface area is 258 Å². The number of hydrogen-bond donors (Lipinski definition) is 2. The van der Waals surface area contributed by atoms with Crippen molar-refractivity contribution in [1.29, 1.82) is 0 Å². The molecule has 2 N–H and O–H groups in total. The van der Waals surface area contributed by atoms with E-state index >= 15 is 0 Å². The number of carbonyl (C=O) groups excluding carboxylic acids is 2. The monoisotopic (exact) mass is 676 g/mol. The SMILES string of the molecule is CCNC(=O)c1ccc(N2CCN(S(=O)(=O)c3ccc(OC(F)(F)F)cc3)C(C(=O)NCc3ccc(OC(F)(F)F)cc3)C2)nn1. The molecular weight excluding hydrogens is 650 g/mol. The van der Waals surface area contributed by atoms with Gasteiger partial charge in [-0.15, -0.1) is 36.5 Å². The number of piperazine rings is 1. The van der Waals surface area contributed by atoms with Crippen molar-refractivity contribution in [2.45, 2.75) is 37.1 Å². The first-order valence-electron chi connectivity index (χ1n) is 13.4. The van der Waals surface area contributed by atoms with E-state index < -0.39 is 57.0 Å². The van der Waals surface area contributed by atoms with E-state index in [0.717, 1.165) is 40.7 Å². The van der Waals surface area contributed by atoms with Crippen LogP contribution < -0.4 is 25.0 Å². The summed E-state index contributed by atoms with van der Waals surface area (Å²) >= 11 is 0. The summed E-state index contributed by atoms with van der Waals surface area (Å²) in [5.41, 5.74) is 0.405. The smallest absolute Gasteiger partial charge is 0.406 e. The van der Waals surface area contributed by atoms with E-state index in [1.807, 2.05) is 0 Å². The highest BCUT2D eigenvalue weighted by atomic mass is 32.2. The Morgan fingerprint density at radius 1 is 0.848 bits per heavy atom. The molecular formula is C27H26F6N6O6S. The van der Waals surface area contributed by atoms with E-state index in [1.54, 1.807) is 11.8 Å². The fourth-order valence-electron chi connectivity index (χ4n) is 4.41. The normalized spacial score (nSPS) is 16.1. The Bertz CT molecular complexity index is 1620. The van der Waals surface area contributed by atoms with E-state index in [9.17, 15) is 44.3 Å². The number of nitrogens with zero attached hydrogens (tertiary/aromatic N) is 4. The number of rotatable bonds is 10. The van der Waals surface area contributed by atoms with Gasteiger partial charge in [0.1, 0.15) is 17.5 Å². The van der Waals surface area contributed by atoms with Gasteiger partial charge in [0.2, 0.25) is 15.9 Å². The largest absolute Gasteiger partial charge is 0.573 e. The summed E-state index contributed by atoms with van der Waals surface area (Å²) in [6.45, 7) is 1.41.